The molecule has 0 fully saturated rings. The third-order valence-corrected chi connectivity index (χ3v) is 2.96. The van der Waals surface area contributed by atoms with Crippen LogP contribution in [-0.2, 0) is 0 Å². The normalized spacial score (nSPS) is 11.2. The maximum atomic E-state index is 12.8. The van der Waals surface area contributed by atoms with Crippen LogP contribution >= 0.6 is 0 Å². The van der Waals surface area contributed by atoms with Gasteiger partial charge >= 0.3 is 0 Å². The Kier molecular flexibility index (Phi) is 3.99. The number of amides is 1. The van der Waals surface area contributed by atoms with E-state index in [0.717, 1.165) is 18.9 Å². The standard InChI is InChI=1S/C12H17FN2O/c1-4-12(3,5-2)15-11(16)9-6-7-14-10(13)8-9/h6-8H,4-5H2,1-3H3,(H,15,16). The number of nitrogens with one attached hydrogen (secondary N) is 1. The molecule has 1 N–H and O–H groups in total. The van der Waals surface area contributed by atoms with Crippen molar-refractivity contribution in [1.82, 2.24) is 10.3 Å². The molecule has 0 aliphatic rings. The highest BCUT2D eigenvalue weighted by Gasteiger charge is 2.22. The second kappa shape index (κ2) is 5.05. The van der Waals surface area contributed by atoms with Crippen molar-refractivity contribution >= 4 is 5.91 Å². The van der Waals surface area contributed by atoms with E-state index in [1.807, 2.05) is 20.8 Å². The number of pyridine rings is 1. The molecule has 0 saturated heterocycles. The van der Waals surface area contributed by atoms with E-state index < -0.39 is 5.95 Å². The lowest BCUT2D eigenvalue weighted by Gasteiger charge is -2.28. The Bertz CT molecular complexity index is 375. The molecule has 1 rings (SSSR count). The number of aromatic nitrogens is 1. The smallest absolute Gasteiger partial charge is 0.251 e. The summed E-state index contributed by atoms with van der Waals surface area (Å²) in [6.07, 6.45) is 2.96. The zero-order valence-electron chi connectivity index (χ0n) is 9.88. The van der Waals surface area contributed by atoms with Crippen molar-refractivity contribution in [2.24, 2.45) is 0 Å². The molecule has 16 heavy (non-hydrogen) atoms. The van der Waals surface area contributed by atoms with E-state index in [4.69, 9.17) is 0 Å². The molecule has 0 bridgehead atoms. The number of hydrogen-bond acceptors (Lipinski definition) is 2. The highest BCUT2D eigenvalue weighted by atomic mass is 19.1. The predicted molar refractivity (Wildman–Crippen MR) is 60.6 cm³/mol. The van der Waals surface area contributed by atoms with Gasteiger partial charge in [0.15, 0.2) is 0 Å². The average Bonchev–Trinajstić information content (AvgIpc) is 2.29. The summed E-state index contributed by atoms with van der Waals surface area (Å²) in [5.74, 6) is -0.894. The summed E-state index contributed by atoms with van der Waals surface area (Å²) in [4.78, 5) is 15.2. The number of rotatable bonds is 4. The monoisotopic (exact) mass is 224 g/mol. The van der Waals surface area contributed by atoms with Crippen LogP contribution in [0.1, 0.15) is 44.0 Å². The molecule has 0 spiro atoms. The zero-order valence-corrected chi connectivity index (χ0v) is 9.88. The molecule has 0 atom stereocenters. The van der Waals surface area contributed by atoms with Crippen LogP contribution < -0.4 is 5.32 Å². The lowest BCUT2D eigenvalue weighted by molar-refractivity contribution is 0.0900. The Morgan fingerprint density at radius 3 is 2.62 bits per heavy atom. The van der Waals surface area contributed by atoms with Crippen LogP contribution in [0.2, 0.25) is 0 Å². The van der Waals surface area contributed by atoms with Crippen LogP contribution in [0.3, 0.4) is 0 Å². The molecular weight excluding hydrogens is 207 g/mol. The van der Waals surface area contributed by atoms with Crippen molar-refractivity contribution in [3.8, 4) is 0 Å². The molecule has 0 radical (unpaired) electrons. The van der Waals surface area contributed by atoms with Crippen LogP contribution in [0.5, 0.6) is 0 Å². The van der Waals surface area contributed by atoms with Gasteiger partial charge in [0.25, 0.3) is 5.91 Å². The van der Waals surface area contributed by atoms with Gasteiger partial charge in [-0.05, 0) is 25.8 Å². The maximum absolute atomic E-state index is 12.8. The van der Waals surface area contributed by atoms with Gasteiger partial charge in [-0.25, -0.2) is 4.98 Å². The highest BCUT2D eigenvalue weighted by Crippen LogP contribution is 2.14. The van der Waals surface area contributed by atoms with Crippen molar-refractivity contribution in [1.29, 1.82) is 0 Å². The minimum Gasteiger partial charge on any atom is -0.347 e. The van der Waals surface area contributed by atoms with Gasteiger partial charge in [0.05, 0.1) is 0 Å². The van der Waals surface area contributed by atoms with Gasteiger partial charge in [-0.3, -0.25) is 4.79 Å². The fraction of sp³-hybridized carbons (Fsp3) is 0.500. The van der Waals surface area contributed by atoms with E-state index in [1.165, 1.54) is 12.3 Å². The van der Waals surface area contributed by atoms with Crippen LogP contribution in [0.15, 0.2) is 18.3 Å². The van der Waals surface area contributed by atoms with Crippen molar-refractivity contribution < 1.29 is 9.18 Å². The van der Waals surface area contributed by atoms with Crippen LogP contribution in [-0.4, -0.2) is 16.4 Å². The van der Waals surface area contributed by atoms with Crippen molar-refractivity contribution in [3.63, 3.8) is 0 Å². The van der Waals surface area contributed by atoms with E-state index >= 15 is 0 Å². The van der Waals surface area contributed by atoms with Crippen LogP contribution in [0, 0.1) is 5.95 Å². The van der Waals surface area contributed by atoms with Crippen molar-refractivity contribution in [2.75, 3.05) is 0 Å². The molecule has 0 unspecified atom stereocenters. The quantitative estimate of drug-likeness (QED) is 0.798. The molecule has 0 aromatic carbocycles. The minimum atomic E-state index is -0.637. The Morgan fingerprint density at radius 1 is 1.50 bits per heavy atom. The highest BCUT2D eigenvalue weighted by molar-refractivity contribution is 5.94. The van der Waals surface area contributed by atoms with Gasteiger partial charge in [-0.1, -0.05) is 13.8 Å². The Morgan fingerprint density at radius 2 is 2.12 bits per heavy atom. The number of carbonyl (C=O) groups excluding carboxylic acids is 1. The first-order chi connectivity index (χ1) is 7.50. The largest absolute Gasteiger partial charge is 0.347 e. The summed E-state index contributed by atoms with van der Waals surface area (Å²) < 4.78 is 12.8. The number of halogens is 1. The maximum Gasteiger partial charge on any atom is 0.251 e. The molecule has 4 heteroatoms. The Balaban J connectivity index is 2.80. The lowest BCUT2D eigenvalue weighted by Crippen LogP contribution is -2.44. The molecule has 1 aromatic heterocycles. The fourth-order valence-corrected chi connectivity index (χ4v) is 1.32. The summed E-state index contributed by atoms with van der Waals surface area (Å²) >= 11 is 0. The molecular formula is C12H17FN2O. The van der Waals surface area contributed by atoms with E-state index in [2.05, 4.69) is 10.3 Å². The van der Waals surface area contributed by atoms with E-state index in [1.54, 1.807) is 0 Å². The first-order valence-corrected chi connectivity index (χ1v) is 5.45. The molecule has 1 aromatic rings. The topological polar surface area (TPSA) is 42.0 Å². The Hall–Kier alpha value is -1.45. The number of hydrogen-bond donors (Lipinski definition) is 1. The molecule has 0 saturated carbocycles. The van der Waals surface area contributed by atoms with Gasteiger partial charge in [0, 0.05) is 23.4 Å². The molecule has 1 heterocycles. The van der Waals surface area contributed by atoms with Crippen LogP contribution in [0.4, 0.5) is 4.39 Å². The molecule has 0 aliphatic heterocycles. The second-order valence-corrected chi connectivity index (χ2v) is 4.09. The predicted octanol–water partition coefficient (Wildman–Crippen LogP) is 2.53. The summed E-state index contributed by atoms with van der Waals surface area (Å²) in [6.45, 7) is 6.00. The summed E-state index contributed by atoms with van der Waals surface area (Å²) in [5, 5.41) is 2.90. The summed E-state index contributed by atoms with van der Waals surface area (Å²) in [7, 11) is 0. The lowest BCUT2D eigenvalue weighted by atomic mass is 9.95. The van der Waals surface area contributed by atoms with Gasteiger partial charge in [-0.2, -0.15) is 4.39 Å². The van der Waals surface area contributed by atoms with Gasteiger partial charge in [0.2, 0.25) is 5.95 Å². The van der Waals surface area contributed by atoms with Gasteiger partial charge < -0.3 is 5.32 Å². The van der Waals surface area contributed by atoms with E-state index in [-0.39, 0.29) is 11.4 Å². The first kappa shape index (κ1) is 12.6. The third kappa shape index (κ3) is 3.02. The van der Waals surface area contributed by atoms with Crippen molar-refractivity contribution in [2.45, 2.75) is 39.2 Å². The Labute approximate surface area is 95.1 Å². The summed E-state index contributed by atoms with van der Waals surface area (Å²) in [6, 6.07) is 2.64. The number of nitrogens with zero attached hydrogens (tertiary/aromatic N) is 1. The van der Waals surface area contributed by atoms with E-state index in [0.29, 0.717) is 5.56 Å². The molecule has 3 nitrogen and oxygen atoms in total. The fourth-order valence-electron chi connectivity index (χ4n) is 1.32. The third-order valence-electron chi connectivity index (χ3n) is 2.96. The molecule has 88 valence electrons. The zero-order chi connectivity index (χ0) is 12.2. The first-order valence-electron chi connectivity index (χ1n) is 5.45. The van der Waals surface area contributed by atoms with Gasteiger partial charge in [-0.15, -0.1) is 0 Å². The summed E-state index contributed by atoms with van der Waals surface area (Å²) in [5.41, 5.74) is 0.0669. The minimum absolute atomic E-state index is 0.239. The molecule has 1 amide bonds. The number of carbonyl (C=O) groups is 1. The average molecular weight is 224 g/mol. The molecule has 0 aliphatic carbocycles. The van der Waals surface area contributed by atoms with Gasteiger partial charge in [0.1, 0.15) is 0 Å². The van der Waals surface area contributed by atoms with Crippen LogP contribution in [0.25, 0.3) is 0 Å². The van der Waals surface area contributed by atoms with Crippen molar-refractivity contribution in [3.05, 3.63) is 29.8 Å². The van der Waals surface area contributed by atoms with E-state index in [9.17, 15) is 9.18 Å². The second-order valence-electron chi connectivity index (χ2n) is 4.09. The SMILES string of the molecule is CCC(C)(CC)NC(=O)c1ccnc(F)c1.